The number of benzene rings is 2. The molecule has 0 aliphatic carbocycles. The number of anilines is 1. The van der Waals surface area contributed by atoms with Crippen LogP contribution in [0.25, 0.3) is 11.3 Å². The normalized spacial score (nSPS) is 10.4. The fraction of sp³-hybridized carbons (Fsp3) is 0.105. The Balaban J connectivity index is 1.79. The second-order valence-corrected chi connectivity index (χ2v) is 5.49. The highest BCUT2D eigenvalue weighted by atomic mass is 35.5. The van der Waals surface area contributed by atoms with Crippen molar-refractivity contribution in [2.24, 2.45) is 0 Å². The topological polar surface area (TPSA) is 51.5 Å². The van der Waals surface area contributed by atoms with E-state index in [1.54, 1.807) is 36.4 Å². The molecule has 0 saturated heterocycles. The third-order valence-electron chi connectivity index (χ3n) is 3.37. The molecule has 0 atom stereocenters. The number of furan rings is 1. The van der Waals surface area contributed by atoms with Crippen LogP contribution in [-0.4, -0.2) is 12.5 Å². The number of carbonyl (C=O) groups excluding carboxylic acids is 1. The van der Waals surface area contributed by atoms with Gasteiger partial charge < -0.3 is 14.5 Å². The van der Waals surface area contributed by atoms with Gasteiger partial charge >= 0.3 is 0 Å². The average molecular weight is 342 g/mol. The van der Waals surface area contributed by atoms with E-state index in [-0.39, 0.29) is 11.7 Å². The summed E-state index contributed by atoms with van der Waals surface area (Å²) in [7, 11) is 0. The lowest BCUT2D eigenvalue weighted by molar-refractivity contribution is 0.0997. The first-order valence-corrected chi connectivity index (χ1v) is 7.94. The molecule has 3 aromatic rings. The third-order valence-corrected chi connectivity index (χ3v) is 3.61. The zero-order valence-electron chi connectivity index (χ0n) is 13.1. The molecule has 122 valence electrons. The van der Waals surface area contributed by atoms with Crippen LogP contribution >= 0.6 is 11.6 Å². The molecular formula is C19H16ClNO3. The number of halogens is 1. The molecule has 1 N–H and O–H groups in total. The Morgan fingerprint density at radius 3 is 2.75 bits per heavy atom. The van der Waals surface area contributed by atoms with Gasteiger partial charge in [-0.05, 0) is 43.3 Å². The van der Waals surface area contributed by atoms with E-state index in [1.807, 2.05) is 31.2 Å². The lowest BCUT2D eigenvalue weighted by Crippen LogP contribution is -2.12. The van der Waals surface area contributed by atoms with Gasteiger partial charge in [0.05, 0.1) is 12.3 Å². The number of ether oxygens (including phenoxy) is 1. The van der Waals surface area contributed by atoms with Crippen LogP contribution < -0.4 is 10.1 Å². The monoisotopic (exact) mass is 341 g/mol. The van der Waals surface area contributed by atoms with Crippen LogP contribution in [0.1, 0.15) is 17.5 Å². The van der Waals surface area contributed by atoms with Gasteiger partial charge in [0.25, 0.3) is 5.91 Å². The fourth-order valence-electron chi connectivity index (χ4n) is 2.29. The van der Waals surface area contributed by atoms with E-state index in [0.717, 1.165) is 5.56 Å². The quantitative estimate of drug-likeness (QED) is 0.689. The minimum atomic E-state index is -0.338. The molecule has 0 fully saturated rings. The van der Waals surface area contributed by atoms with Crippen molar-refractivity contribution in [2.45, 2.75) is 6.92 Å². The summed E-state index contributed by atoms with van der Waals surface area (Å²) in [5.41, 5.74) is 1.42. The van der Waals surface area contributed by atoms with Gasteiger partial charge in [-0.2, -0.15) is 0 Å². The van der Waals surface area contributed by atoms with Crippen molar-refractivity contribution in [1.29, 1.82) is 0 Å². The van der Waals surface area contributed by atoms with Gasteiger partial charge in [-0.15, -0.1) is 0 Å². The molecule has 0 aliphatic heterocycles. The third kappa shape index (κ3) is 3.60. The molecule has 0 spiro atoms. The van der Waals surface area contributed by atoms with Crippen molar-refractivity contribution >= 4 is 23.2 Å². The molecule has 0 unspecified atom stereocenters. The number of hydrogen-bond donors (Lipinski definition) is 1. The minimum Gasteiger partial charge on any atom is -0.492 e. The van der Waals surface area contributed by atoms with Crippen molar-refractivity contribution in [2.75, 3.05) is 11.9 Å². The first-order valence-electron chi connectivity index (χ1n) is 7.56. The summed E-state index contributed by atoms with van der Waals surface area (Å²) < 4.78 is 11.1. The molecule has 0 saturated carbocycles. The second kappa shape index (κ2) is 7.23. The molecule has 3 rings (SSSR count). The highest BCUT2D eigenvalue weighted by Crippen LogP contribution is 2.27. The van der Waals surface area contributed by atoms with E-state index in [2.05, 4.69) is 5.32 Å². The van der Waals surface area contributed by atoms with Crippen LogP contribution in [0.4, 0.5) is 5.69 Å². The van der Waals surface area contributed by atoms with Gasteiger partial charge in [-0.1, -0.05) is 35.9 Å². The number of amides is 1. The van der Waals surface area contributed by atoms with Gasteiger partial charge in [0.1, 0.15) is 11.5 Å². The zero-order valence-corrected chi connectivity index (χ0v) is 13.8. The summed E-state index contributed by atoms with van der Waals surface area (Å²) in [6.07, 6.45) is 0. The number of nitrogens with one attached hydrogen (secondary N) is 1. The van der Waals surface area contributed by atoms with Crippen LogP contribution in [0.15, 0.2) is 65.1 Å². The summed E-state index contributed by atoms with van der Waals surface area (Å²) in [6.45, 7) is 2.41. The van der Waals surface area contributed by atoms with Crippen molar-refractivity contribution in [3.8, 4) is 17.1 Å². The number of para-hydroxylation sites is 2. The predicted molar refractivity (Wildman–Crippen MR) is 94.7 cm³/mol. The lowest BCUT2D eigenvalue weighted by Gasteiger charge is -2.10. The number of carbonyl (C=O) groups is 1. The minimum absolute atomic E-state index is 0.219. The predicted octanol–water partition coefficient (Wildman–Crippen LogP) is 5.25. The summed E-state index contributed by atoms with van der Waals surface area (Å²) in [6, 6.07) is 17.9. The van der Waals surface area contributed by atoms with E-state index in [9.17, 15) is 4.79 Å². The van der Waals surface area contributed by atoms with Gasteiger partial charge in [-0.3, -0.25) is 4.79 Å². The highest BCUT2D eigenvalue weighted by Gasteiger charge is 2.14. The highest BCUT2D eigenvalue weighted by molar-refractivity contribution is 6.30. The van der Waals surface area contributed by atoms with Crippen molar-refractivity contribution in [3.05, 3.63) is 71.4 Å². The molecule has 1 heterocycles. The largest absolute Gasteiger partial charge is 0.492 e. The van der Waals surface area contributed by atoms with Crippen molar-refractivity contribution in [1.82, 2.24) is 0 Å². The molecule has 0 radical (unpaired) electrons. The van der Waals surface area contributed by atoms with E-state index in [1.165, 1.54) is 0 Å². The molecule has 1 amide bonds. The Hall–Kier alpha value is -2.72. The summed E-state index contributed by atoms with van der Waals surface area (Å²) in [4.78, 5) is 12.4. The molecule has 2 aromatic carbocycles. The van der Waals surface area contributed by atoms with E-state index in [4.69, 9.17) is 20.8 Å². The number of hydrogen-bond acceptors (Lipinski definition) is 3. The van der Waals surface area contributed by atoms with Crippen LogP contribution in [0.5, 0.6) is 5.75 Å². The van der Waals surface area contributed by atoms with Gasteiger partial charge in [0.2, 0.25) is 0 Å². The van der Waals surface area contributed by atoms with Gasteiger partial charge in [0.15, 0.2) is 5.76 Å². The van der Waals surface area contributed by atoms with E-state index >= 15 is 0 Å². The summed E-state index contributed by atoms with van der Waals surface area (Å²) >= 11 is 5.98. The van der Waals surface area contributed by atoms with Crippen LogP contribution in [0.2, 0.25) is 5.02 Å². The van der Waals surface area contributed by atoms with E-state index < -0.39 is 0 Å². The van der Waals surface area contributed by atoms with Crippen LogP contribution in [0, 0.1) is 0 Å². The Morgan fingerprint density at radius 1 is 1.12 bits per heavy atom. The summed E-state index contributed by atoms with van der Waals surface area (Å²) in [5, 5.41) is 3.42. The van der Waals surface area contributed by atoms with Gasteiger partial charge in [-0.25, -0.2) is 0 Å². The van der Waals surface area contributed by atoms with Crippen molar-refractivity contribution in [3.63, 3.8) is 0 Å². The average Bonchev–Trinajstić information content (AvgIpc) is 3.07. The lowest BCUT2D eigenvalue weighted by atomic mass is 10.2. The van der Waals surface area contributed by atoms with E-state index in [0.29, 0.717) is 28.8 Å². The molecule has 4 nitrogen and oxygen atoms in total. The Kier molecular flexibility index (Phi) is 4.87. The standard InChI is InChI=1S/C19H16ClNO3/c1-2-23-17-9-4-3-8-15(17)21-19(22)18-11-10-16(24-18)13-6-5-7-14(20)12-13/h3-12H,2H2,1H3,(H,21,22). The van der Waals surface area contributed by atoms with Gasteiger partial charge in [0, 0.05) is 10.6 Å². The molecule has 5 heteroatoms. The maximum Gasteiger partial charge on any atom is 0.291 e. The smallest absolute Gasteiger partial charge is 0.291 e. The van der Waals surface area contributed by atoms with Crippen molar-refractivity contribution < 1.29 is 13.9 Å². The molecule has 0 bridgehead atoms. The Labute approximate surface area is 145 Å². The summed E-state index contributed by atoms with van der Waals surface area (Å²) in [5.74, 6) is 1.09. The molecular weight excluding hydrogens is 326 g/mol. The maximum atomic E-state index is 12.4. The first-order chi connectivity index (χ1) is 11.7. The van der Waals surface area contributed by atoms with Crippen LogP contribution in [-0.2, 0) is 0 Å². The first kappa shape index (κ1) is 16.1. The maximum absolute atomic E-state index is 12.4. The Morgan fingerprint density at radius 2 is 1.96 bits per heavy atom. The molecule has 24 heavy (non-hydrogen) atoms. The Bertz CT molecular complexity index is 857. The zero-order chi connectivity index (χ0) is 16.9. The molecule has 1 aromatic heterocycles. The number of rotatable bonds is 5. The molecule has 0 aliphatic rings. The SMILES string of the molecule is CCOc1ccccc1NC(=O)c1ccc(-c2cccc(Cl)c2)o1. The van der Waals surface area contributed by atoms with Crippen LogP contribution in [0.3, 0.4) is 0 Å². The second-order valence-electron chi connectivity index (χ2n) is 5.06. The fourth-order valence-corrected chi connectivity index (χ4v) is 2.48.